The number of aliphatic hydroxyl groups is 1. The first kappa shape index (κ1) is 16.0. The van der Waals surface area contributed by atoms with Crippen LogP contribution >= 0.6 is 0 Å². The van der Waals surface area contributed by atoms with E-state index in [2.05, 4.69) is 5.32 Å². The van der Waals surface area contributed by atoms with Gasteiger partial charge in [-0.05, 0) is 38.5 Å². The Morgan fingerprint density at radius 2 is 1.95 bits per heavy atom. The summed E-state index contributed by atoms with van der Waals surface area (Å²) in [5, 5.41) is 21.6. The standard InChI is InChI=1S/C14H25NO4/c1-4-12(9(3)16)15-13(17)10-6-5-8(2)7-11(10)14(18)19/h8-12,16H,4-7H2,1-3H3,(H,15,17)(H,18,19)/t8?,9-,10?,11?,12?/m1/s1. The summed E-state index contributed by atoms with van der Waals surface area (Å²) in [5.74, 6) is -1.84. The van der Waals surface area contributed by atoms with Crippen LogP contribution < -0.4 is 5.32 Å². The molecule has 0 bridgehead atoms. The smallest absolute Gasteiger partial charge is 0.307 e. The third-order valence-electron chi connectivity index (χ3n) is 4.12. The van der Waals surface area contributed by atoms with Gasteiger partial charge in [0, 0.05) is 0 Å². The normalized spacial score (nSPS) is 30.4. The van der Waals surface area contributed by atoms with Crippen LogP contribution in [0.3, 0.4) is 0 Å². The van der Waals surface area contributed by atoms with Crippen molar-refractivity contribution in [2.45, 2.75) is 58.6 Å². The Hall–Kier alpha value is -1.10. The van der Waals surface area contributed by atoms with Gasteiger partial charge in [-0.25, -0.2) is 0 Å². The van der Waals surface area contributed by atoms with Gasteiger partial charge in [0.2, 0.25) is 5.91 Å². The first-order chi connectivity index (χ1) is 8.86. The highest BCUT2D eigenvalue weighted by molar-refractivity contribution is 5.85. The minimum absolute atomic E-state index is 0.230. The van der Waals surface area contributed by atoms with E-state index in [0.29, 0.717) is 25.2 Å². The van der Waals surface area contributed by atoms with Crippen molar-refractivity contribution in [2.75, 3.05) is 0 Å². The number of carboxylic acid groups (broad SMARTS) is 1. The molecule has 1 rings (SSSR count). The number of amides is 1. The summed E-state index contributed by atoms with van der Waals surface area (Å²) in [5.41, 5.74) is 0. The molecule has 110 valence electrons. The SMILES string of the molecule is CCC(NC(=O)C1CCC(C)CC1C(=O)O)[C@@H](C)O. The zero-order valence-electron chi connectivity index (χ0n) is 11.9. The Bertz CT molecular complexity index is 329. The van der Waals surface area contributed by atoms with Gasteiger partial charge in [-0.2, -0.15) is 0 Å². The molecule has 19 heavy (non-hydrogen) atoms. The number of aliphatic hydroxyl groups excluding tert-OH is 1. The van der Waals surface area contributed by atoms with E-state index in [1.54, 1.807) is 6.92 Å². The lowest BCUT2D eigenvalue weighted by Gasteiger charge is -2.32. The molecule has 1 amide bonds. The van der Waals surface area contributed by atoms with Gasteiger partial charge >= 0.3 is 5.97 Å². The summed E-state index contributed by atoms with van der Waals surface area (Å²) in [6.07, 6.45) is 2.05. The summed E-state index contributed by atoms with van der Waals surface area (Å²) < 4.78 is 0. The van der Waals surface area contributed by atoms with E-state index in [9.17, 15) is 19.8 Å². The van der Waals surface area contributed by atoms with Crippen LogP contribution in [0, 0.1) is 17.8 Å². The number of rotatable bonds is 5. The first-order valence-electron chi connectivity index (χ1n) is 7.08. The monoisotopic (exact) mass is 271 g/mol. The fourth-order valence-corrected chi connectivity index (χ4v) is 2.82. The third-order valence-corrected chi connectivity index (χ3v) is 4.12. The van der Waals surface area contributed by atoms with Gasteiger partial charge in [0.05, 0.1) is 24.0 Å². The molecule has 0 aromatic rings. The van der Waals surface area contributed by atoms with Gasteiger partial charge < -0.3 is 15.5 Å². The van der Waals surface area contributed by atoms with Crippen LogP contribution in [0.25, 0.3) is 0 Å². The Morgan fingerprint density at radius 3 is 2.42 bits per heavy atom. The molecule has 5 atom stereocenters. The molecule has 5 nitrogen and oxygen atoms in total. The summed E-state index contributed by atoms with van der Waals surface area (Å²) in [6.45, 7) is 5.54. The van der Waals surface area contributed by atoms with Crippen LogP contribution in [0.2, 0.25) is 0 Å². The molecule has 5 heteroatoms. The molecule has 0 radical (unpaired) electrons. The predicted molar refractivity (Wildman–Crippen MR) is 71.5 cm³/mol. The lowest BCUT2D eigenvalue weighted by Crippen LogP contribution is -2.48. The van der Waals surface area contributed by atoms with E-state index in [-0.39, 0.29) is 11.9 Å². The van der Waals surface area contributed by atoms with Crippen molar-refractivity contribution in [1.29, 1.82) is 0 Å². The molecule has 0 saturated heterocycles. The quantitative estimate of drug-likeness (QED) is 0.705. The molecule has 4 unspecified atom stereocenters. The average molecular weight is 271 g/mol. The van der Waals surface area contributed by atoms with Crippen molar-refractivity contribution >= 4 is 11.9 Å². The van der Waals surface area contributed by atoms with Crippen molar-refractivity contribution in [3.8, 4) is 0 Å². The largest absolute Gasteiger partial charge is 0.481 e. The number of hydrogen-bond acceptors (Lipinski definition) is 3. The second-order valence-electron chi connectivity index (χ2n) is 5.73. The van der Waals surface area contributed by atoms with Gasteiger partial charge in [0.15, 0.2) is 0 Å². The first-order valence-corrected chi connectivity index (χ1v) is 7.08. The predicted octanol–water partition coefficient (Wildman–Crippen LogP) is 1.40. The van der Waals surface area contributed by atoms with Gasteiger partial charge in [0.1, 0.15) is 0 Å². The molecule has 1 aliphatic carbocycles. The number of carboxylic acids is 1. The molecule has 0 aromatic heterocycles. The lowest BCUT2D eigenvalue weighted by atomic mass is 9.74. The summed E-state index contributed by atoms with van der Waals surface area (Å²) >= 11 is 0. The number of aliphatic carboxylic acids is 1. The lowest BCUT2D eigenvalue weighted by molar-refractivity contribution is -0.150. The molecule has 1 aliphatic rings. The molecular weight excluding hydrogens is 246 g/mol. The highest BCUT2D eigenvalue weighted by Crippen LogP contribution is 2.34. The van der Waals surface area contributed by atoms with Crippen molar-refractivity contribution < 1.29 is 19.8 Å². The minimum Gasteiger partial charge on any atom is -0.481 e. The Morgan fingerprint density at radius 1 is 1.32 bits per heavy atom. The van der Waals surface area contributed by atoms with Gasteiger partial charge in [0.25, 0.3) is 0 Å². The Labute approximate surface area is 114 Å². The number of hydrogen-bond donors (Lipinski definition) is 3. The van der Waals surface area contributed by atoms with E-state index in [4.69, 9.17) is 0 Å². The zero-order valence-corrected chi connectivity index (χ0v) is 11.9. The van der Waals surface area contributed by atoms with Crippen molar-refractivity contribution in [3.05, 3.63) is 0 Å². The highest BCUT2D eigenvalue weighted by Gasteiger charge is 2.38. The van der Waals surface area contributed by atoms with Crippen LogP contribution in [0.1, 0.15) is 46.5 Å². The second-order valence-corrected chi connectivity index (χ2v) is 5.73. The number of carbonyl (C=O) groups excluding carboxylic acids is 1. The zero-order chi connectivity index (χ0) is 14.6. The van der Waals surface area contributed by atoms with Gasteiger partial charge in [-0.1, -0.05) is 13.8 Å². The Balaban J connectivity index is 2.70. The molecule has 0 spiro atoms. The van der Waals surface area contributed by atoms with Crippen LogP contribution in [-0.4, -0.2) is 34.2 Å². The van der Waals surface area contributed by atoms with Crippen molar-refractivity contribution in [2.24, 2.45) is 17.8 Å². The maximum atomic E-state index is 12.2. The van der Waals surface area contributed by atoms with Gasteiger partial charge in [-0.3, -0.25) is 9.59 Å². The summed E-state index contributed by atoms with van der Waals surface area (Å²) in [6, 6.07) is -0.304. The van der Waals surface area contributed by atoms with E-state index >= 15 is 0 Å². The average Bonchev–Trinajstić information content (AvgIpc) is 2.34. The van der Waals surface area contributed by atoms with Crippen LogP contribution in [0.15, 0.2) is 0 Å². The maximum absolute atomic E-state index is 12.2. The highest BCUT2D eigenvalue weighted by atomic mass is 16.4. The molecule has 1 fully saturated rings. The maximum Gasteiger partial charge on any atom is 0.307 e. The van der Waals surface area contributed by atoms with Crippen molar-refractivity contribution in [1.82, 2.24) is 5.32 Å². The molecular formula is C14H25NO4. The van der Waals surface area contributed by atoms with E-state index in [1.165, 1.54) is 0 Å². The van der Waals surface area contributed by atoms with E-state index < -0.39 is 23.9 Å². The Kier molecular flexibility index (Phi) is 5.79. The minimum atomic E-state index is -0.892. The molecule has 0 aliphatic heterocycles. The molecule has 0 aromatic carbocycles. The third kappa shape index (κ3) is 4.20. The van der Waals surface area contributed by atoms with Crippen LogP contribution in [-0.2, 0) is 9.59 Å². The number of carbonyl (C=O) groups is 2. The second kappa shape index (κ2) is 6.89. The molecule has 3 N–H and O–H groups in total. The summed E-state index contributed by atoms with van der Waals surface area (Å²) in [4.78, 5) is 23.5. The topological polar surface area (TPSA) is 86.6 Å². The van der Waals surface area contributed by atoms with Crippen LogP contribution in [0.4, 0.5) is 0 Å². The molecule has 0 heterocycles. The molecule has 1 saturated carbocycles. The fourth-order valence-electron chi connectivity index (χ4n) is 2.82. The van der Waals surface area contributed by atoms with Crippen LogP contribution in [0.5, 0.6) is 0 Å². The number of nitrogens with one attached hydrogen (secondary N) is 1. The van der Waals surface area contributed by atoms with E-state index in [0.717, 1.165) is 6.42 Å². The fraction of sp³-hybridized carbons (Fsp3) is 0.857. The van der Waals surface area contributed by atoms with Gasteiger partial charge in [-0.15, -0.1) is 0 Å². The summed E-state index contributed by atoms with van der Waals surface area (Å²) in [7, 11) is 0. The van der Waals surface area contributed by atoms with E-state index in [1.807, 2.05) is 13.8 Å². The van der Waals surface area contributed by atoms with Crippen molar-refractivity contribution in [3.63, 3.8) is 0 Å².